The van der Waals surface area contributed by atoms with E-state index in [0.717, 1.165) is 42.1 Å². The molecule has 0 aliphatic rings. The van der Waals surface area contributed by atoms with Crippen LogP contribution in [0.5, 0.6) is 11.5 Å². The van der Waals surface area contributed by atoms with Gasteiger partial charge in [0.1, 0.15) is 18.1 Å². The first kappa shape index (κ1) is 14.6. The van der Waals surface area contributed by atoms with Crippen LogP contribution in [0.4, 0.5) is 0 Å². The molecule has 0 atom stereocenters. The Morgan fingerprint density at radius 2 is 2.11 bits per heavy atom. The van der Waals surface area contributed by atoms with Crippen LogP contribution in [0, 0.1) is 0 Å². The molecule has 3 heteroatoms. The van der Waals surface area contributed by atoms with Gasteiger partial charge in [0.25, 0.3) is 0 Å². The molecule has 0 saturated carbocycles. The van der Waals surface area contributed by atoms with Gasteiger partial charge in [0.15, 0.2) is 0 Å². The van der Waals surface area contributed by atoms with Gasteiger partial charge in [-0.1, -0.05) is 26.5 Å². The second kappa shape index (κ2) is 7.77. The van der Waals surface area contributed by atoms with E-state index in [1.165, 1.54) is 0 Å². The SMILES string of the molecule is C=C(CC)COc1cc(OC)ccc1CNCC. The molecule has 0 amide bonds. The van der Waals surface area contributed by atoms with Crippen LogP contribution < -0.4 is 14.8 Å². The van der Waals surface area contributed by atoms with Crippen molar-refractivity contribution in [1.29, 1.82) is 0 Å². The fourth-order valence-corrected chi connectivity index (χ4v) is 1.48. The third-order valence-electron chi connectivity index (χ3n) is 2.77. The van der Waals surface area contributed by atoms with E-state index in [1.807, 2.05) is 18.2 Å². The fraction of sp³-hybridized carbons (Fsp3) is 0.467. The fourth-order valence-electron chi connectivity index (χ4n) is 1.48. The topological polar surface area (TPSA) is 30.5 Å². The van der Waals surface area contributed by atoms with Crippen molar-refractivity contribution in [1.82, 2.24) is 5.32 Å². The standard InChI is InChI=1S/C15H23NO2/c1-5-12(3)11-18-15-9-14(17-4)8-7-13(15)10-16-6-2/h7-9,16H,3,5-6,10-11H2,1-2,4H3. The molecule has 0 unspecified atom stereocenters. The van der Waals surface area contributed by atoms with Crippen molar-refractivity contribution >= 4 is 0 Å². The minimum atomic E-state index is 0.558. The Bertz CT molecular complexity index is 388. The Morgan fingerprint density at radius 3 is 2.72 bits per heavy atom. The summed E-state index contributed by atoms with van der Waals surface area (Å²) < 4.78 is 11.0. The zero-order valence-electron chi connectivity index (χ0n) is 11.6. The molecule has 0 aromatic heterocycles. The van der Waals surface area contributed by atoms with Crippen LogP contribution in [0.2, 0.25) is 0 Å². The van der Waals surface area contributed by atoms with E-state index in [0.29, 0.717) is 6.61 Å². The van der Waals surface area contributed by atoms with Gasteiger partial charge >= 0.3 is 0 Å². The second-order valence-corrected chi connectivity index (χ2v) is 4.15. The van der Waals surface area contributed by atoms with E-state index in [2.05, 4.69) is 25.7 Å². The maximum absolute atomic E-state index is 5.81. The van der Waals surface area contributed by atoms with Crippen LogP contribution in [-0.2, 0) is 6.54 Å². The Hall–Kier alpha value is -1.48. The average molecular weight is 249 g/mol. The first-order valence-corrected chi connectivity index (χ1v) is 6.38. The van der Waals surface area contributed by atoms with Crippen LogP contribution in [-0.4, -0.2) is 20.3 Å². The summed E-state index contributed by atoms with van der Waals surface area (Å²) in [5.74, 6) is 1.68. The molecule has 1 rings (SSSR count). The highest BCUT2D eigenvalue weighted by molar-refractivity contribution is 5.41. The lowest BCUT2D eigenvalue weighted by Gasteiger charge is -2.14. The van der Waals surface area contributed by atoms with Crippen molar-refractivity contribution in [2.45, 2.75) is 26.8 Å². The minimum Gasteiger partial charge on any atom is -0.497 e. The van der Waals surface area contributed by atoms with E-state index in [9.17, 15) is 0 Å². The second-order valence-electron chi connectivity index (χ2n) is 4.15. The van der Waals surface area contributed by atoms with E-state index in [1.54, 1.807) is 7.11 Å². The summed E-state index contributed by atoms with van der Waals surface area (Å²) in [6, 6.07) is 5.91. The smallest absolute Gasteiger partial charge is 0.127 e. The van der Waals surface area contributed by atoms with Crippen molar-refractivity contribution in [3.63, 3.8) is 0 Å². The molecule has 100 valence electrons. The van der Waals surface area contributed by atoms with Gasteiger partial charge in [0.05, 0.1) is 7.11 Å². The van der Waals surface area contributed by atoms with Crippen molar-refractivity contribution in [3.8, 4) is 11.5 Å². The Labute approximate surface area is 110 Å². The zero-order chi connectivity index (χ0) is 13.4. The average Bonchev–Trinajstić information content (AvgIpc) is 2.42. The molecule has 0 bridgehead atoms. The lowest BCUT2D eigenvalue weighted by Crippen LogP contribution is -2.13. The maximum Gasteiger partial charge on any atom is 0.127 e. The predicted molar refractivity (Wildman–Crippen MR) is 75.3 cm³/mol. The lowest BCUT2D eigenvalue weighted by atomic mass is 10.2. The van der Waals surface area contributed by atoms with Gasteiger partial charge in [0.2, 0.25) is 0 Å². The Balaban J connectivity index is 2.78. The number of hydrogen-bond donors (Lipinski definition) is 1. The van der Waals surface area contributed by atoms with E-state index >= 15 is 0 Å². The number of rotatable bonds is 8. The summed E-state index contributed by atoms with van der Waals surface area (Å²) in [6.45, 7) is 10.4. The molecular formula is C15H23NO2. The largest absolute Gasteiger partial charge is 0.497 e. The molecular weight excluding hydrogens is 226 g/mol. The summed E-state index contributed by atoms with van der Waals surface area (Å²) in [4.78, 5) is 0. The normalized spacial score (nSPS) is 10.2. The summed E-state index contributed by atoms with van der Waals surface area (Å²) in [6.07, 6.45) is 0.937. The quantitative estimate of drug-likeness (QED) is 0.718. The van der Waals surface area contributed by atoms with E-state index < -0.39 is 0 Å². The highest BCUT2D eigenvalue weighted by Crippen LogP contribution is 2.25. The Kier molecular flexibility index (Phi) is 6.29. The van der Waals surface area contributed by atoms with Crippen molar-refractivity contribution in [2.75, 3.05) is 20.3 Å². The van der Waals surface area contributed by atoms with Gasteiger partial charge < -0.3 is 14.8 Å². The first-order chi connectivity index (χ1) is 8.71. The lowest BCUT2D eigenvalue weighted by molar-refractivity contribution is 0.339. The van der Waals surface area contributed by atoms with E-state index in [-0.39, 0.29) is 0 Å². The van der Waals surface area contributed by atoms with Gasteiger partial charge in [-0.2, -0.15) is 0 Å². The molecule has 0 radical (unpaired) electrons. The molecule has 0 saturated heterocycles. The number of nitrogens with one attached hydrogen (secondary N) is 1. The zero-order valence-corrected chi connectivity index (χ0v) is 11.6. The van der Waals surface area contributed by atoms with Crippen LogP contribution in [0.3, 0.4) is 0 Å². The Morgan fingerprint density at radius 1 is 1.33 bits per heavy atom. The van der Waals surface area contributed by atoms with Gasteiger partial charge in [-0.05, 0) is 24.6 Å². The summed E-state index contributed by atoms with van der Waals surface area (Å²) in [5, 5.41) is 3.30. The highest BCUT2D eigenvalue weighted by atomic mass is 16.5. The van der Waals surface area contributed by atoms with Crippen LogP contribution in [0.25, 0.3) is 0 Å². The van der Waals surface area contributed by atoms with E-state index in [4.69, 9.17) is 9.47 Å². The van der Waals surface area contributed by atoms with Crippen molar-refractivity contribution in [2.24, 2.45) is 0 Å². The maximum atomic E-state index is 5.81. The first-order valence-electron chi connectivity index (χ1n) is 6.38. The number of hydrogen-bond acceptors (Lipinski definition) is 3. The van der Waals surface area contributed by atoms with Gasteiger partial charge in [-0.25, -0.2) is 0 Å². The van der Waals surface area contributed by atoms with Gasteiger partial charge in [0, 0.05) is 18.2 Å². The summed E-state index contributed by atoms with van der Waals surface area (Å²) in [5.41, 5.74) is 2.23. The third-order valence-corrected chi connectivity index (χ3v) is 2.77. The number of ether oxygens (including phenoxy) is 2. The molecule has 3 nitrogen and oxygen atoms in total. The highest BCUT2D eigenvalue weighted by Gasteiger charge is 2.06. The molecule has 0 spiro atoms. The monoisotopic (exact) mass is 249 g/mol. The molecule has 18 heavy (non-hydrogen) atoms. The number of methoxy groups -OCH3 is 1. The minimum absolute atomic E-state index is 0.558. The van der Waals surface area contributed by atoms with Gasteiger partial charge in [-0.3, -0.25) is 0 Å². The van der Waals surface area contributed by atoms with Crippen LogP contribution >= 0.6 is 0 Å². The van der Waals surface area contributed by atoms with Crippen molar-refractivity contribution < 1.29 is 9.47 Å². The molecule has 1 aromatic carbocycles. The molecule has 1 aromatic rings. The van der Waals surface area contributed by atoms with Crippen LogP contribution in [0.1, 0.15) is 25.8 Å². The molecule has 1 N–H and O–H groups in total. The predicted octanol–water partition coefficient (Wildman–Crippen LogP) is 3.15. The number of benzene rings is 1. The molecule has 0 aliphatic heterocycles. The van der Waals surface area contributed by atoms with Crippen LogP contribution in [0.15, 0.2) is 30.4 Å². The summed E-state index contributed by atoms with van der Waals surface area (Å²) in [7, 11) is 1.66. The molecule has 0 aliphatic carbocycles. The molecule has 0 fully saturated rings. The summed E-state index contributed by atoms with van der Waals surface area (Å²) >= 11 is 0. The van der Waals surface area contributed by atoms with Gasteiger partial charge in [-0.15, -0.1) is 0 Å². The van der Waals surface area contributed by atoms with Crippen molar-refractivity contribution in [3.05, 3.63) is 35.9 Å². The third kappa shape index (κ3) is 4.41. The molecule has 0 heterocycles.